The Morgan fingerprint density at radius 3 is 2.22 bits per heavy atom. The molecule has 6 heteroatoms. The summed E-state index contributed by atoms with van der Waals surface area (Å²) >= 11 is 0. The molecule has 5 rings (SSSR count). The molecule has 1 aromatic heterocycles. The maximum absolute atomic E-state index is 13.5. The summed E-state index contributed by atoms with van der Waals surface area (Å²) < 4.78 is 19.5. The lowest BCUT2D eigenvalue weighted by Crippen LogP contribution is -2.26. The number of benzene rings is 4. The second-order valence-corrected chi connectivity index (χ2v) is 8.79. The number of halogens is 1. The number of carbonyl (C=O) groups is 2. The van der Waals surface area contributed by atoms with Gasteiger partial charge in [-0.3, -0.25) is 9.59 Å². The molecule has 0 aliphatic heterocycles. The monoisotopic (exact) mass is 492 g/mol. The van der Waals surface area contributed by atoms with Gasteiger partial charge < -0.3 is 15.1 Å². The lowest BCUT2D eigenvalue weighted by Gasteiger charge is -2.15. The van der Waals surface area contributed by atoms with E-state index in [4.69, 9.17) is 4.42 Å². The molecule has 0 saturated carbocycles. The number of fused-ring (bicyclic) bond motifs is 1. The highest BCUT2D eigenvalue weighted by molar-refractivity contribution is 6.11. The van der Waals surface area contributed by atoms with Crippen LogP contribution in [-0.2, 0) is 0 Å². The Balaban J connectivity index is 1.50. The molecule has 0 aliphatic carbocycles. The largest absolute Gasteiger partial charge is 0.455 e. The molecule has 5 nitrogen and oxygen atoms in total. The number of hydrogen-bond donors (Lipinski definition) is 2. The Labute approximate surface area is 213 Å². The fourth-order valence-corrected chi connectivity index (χ4v) is 4.38. The summed E-state index contributed by atoms with van der Waals surface area (Å²) in [4.78, 5) is 25.8. The second-order valence-electron chi connectivity index (χ2n) is 8.79. The van der Waals surface area contributed by atoms with E-state index in [9.17, 15) is 14.0 Å². The van der Waals surface area contributed by atoms with Crippen molar-refractivity contribution in [2.45, 2.75) is 13.0 Å². The highest BCUT2D eigenvalue weighted by Gasteiger charge is 2.22. The van der Waals surface area contributed by atoms with Crippen LogP contribution in [0, 0.1) is 5.82 Å². The van der Waals surface area contributed by atoms with Crippen molar-refractivity contribution in [1.29, 1.82) is 0 Å². The summed E-state index contributed by atoms with van der Waals surface area (Å²) in [6.45, 7) is 1.95. The Morgan fingerprint density at radius 2 is 1.49 bits per heavy atom. The van der Waals surface area contributed by atoms with E-state index in [0.717, 1.165) is 16.7 Å². The van der Waals surface area contributed by atoms with Gasteiger partial charge in [-0.05, 0) is 72.1 Å². The van der Waals surface area contributed by atoms with E-state index in [1.807, 2.05) is 67.6 Å². The second kappa shape index (κ2) is 10.1. The van der Waals surface area contributed by atoms with E-state index < -0.39 is 0 Å². The number of nitrogens with one attached hydrogen (secondary N) is 2. The maximum Gasteiger partial charge on any atom is 0.255 e. The standard InChI is InChI=1S/C31H25FN2O3/c1-19(20-7-4-3-5-8-20)34-30(35)24-10-6-9-22(17-24)23-13-16-27-26(18-23)28(31(36)33-2)29(37-27)21-11-14-25(32)15-12-21/h3-19H,1-2H3,(H,33,36)(H,34,35). The smallest absolute Gasteiger partial charge is 0.255 e. The van der Waals surface area contributed by atoms with E-state index >= 15 is 0 Å². The molecule has 2 amide bonds. The quantitative estimate of drug-likeness (QED) is 0.275. The molecule has 0 aliphatic rings. The van der Waals surface area contributed by atoms with Gasteiger partial charge >= 0.3 is 0 Å². The van der Waals surface area contributed by atoms with Crippen LogP contribution in [0.3, 0.4) is 0 Å². The number of rotatable bonds is 6. The van der Waals surface area contributed by atoms with Crippen molar-refractivity contribution in [2.24, 2.45) is 0 Å². The van der Waals surface area contributed by atoms with Crippen LogP contribution in [-0.4, -0.2) is 18.9 Å². The lowest BCUT2D eigenvalue weighted by molar-refractivity contribution is 0.0937. The van der Waals surface area contributed by atoms with Gasteiger partial charge in [0, 0.05) is 23.6 Å². The van der Waals surface area contributed by atoms with Gasteiger partial charge in [-0.15, -0.1) is 0 Å². The zero-order valence-corrected chi connectivity index (χ0v) is 20.4. The number of furan rings is 1. The minimum Gasteiger partial charge on any atom is -0.455 e. The molecule has 1 unspecified atom stereocenters. The molecule has 1 atom stereocenters. The molecule has 5 aromatic rings. The van der Waals surface area contributed by atoms with Crippen molar-refractivity contribution >= 4 is 22.8 Å². The van der Waals surface area contributed by atoms with Crippen LogP contribution in [0.5, 0.6) is 0 Å². The maximum atomic E-state index is 13.5. The molecule has 184 valence electrons. The van der Waals surface area contributed by atoms with Gasteiger partial charge in [0.1, 0.15) is 17.2 Å². The topological polar surface area (TPSA) is 71.3 Å². The third-order valence-electron chi connectivity index (χ3n) is 6.35. The first-order valence-corrected chi connectivity index (χ1v) is 12.0. The summed E-state index contributed by atoms with van der Waals surface area (Å²) in [6, 6.07) is 28.4. The van der Waals surface area contributed by atoms with Crippen LogP contribution in [0.1, 0.15) is 39.2 Å². The van der Waals surface area contributed by atoms with Gasteiger partial charge in [-0.2, -0.15) is 0 Å². The molecule has 1 heterocycles. The summed E-state index contributed by atoms with van der Waals surface area (Å²) in [7, 11) is 1.55. The molecule has 0 saturated heterocycles. The van der Waals surface area contributed by atoms with E-state index in [1.165, 1.54) is 12.1 Å². The van der Waals surface area contributed by atoms with Gasteiger partial charge in [0.15, 0.2) is 0 Å². The molecule has 0 fully saturated rings. The van der Waals surface area contributed by atoms with Crippen LogP contribution in [0.25, 0.3) is 33.4 Å². The van der Waals surface area contributed by atoms with Gasteiger partial charge in [0.25, 0.3) is 11.8 Å². The van der Waals surface area contributed by atoms with Crippen molar-refractivity contribution in [3.63, 3.8) is 0 Å². The SMILES string of the molecule is CNC(=O)c1c(-c2ccc(F)cc2)oc2ccc(-c3cccc(C(=O)NC(C)c4ccccc4)c3)cc12. The van der Waals surface area contributed by atoms with Crippen molar-refractivity contribution in [2.75, 3.05) is 7.05 Å². The minimum absolute atomic E-state index is 0.139. The highest BCUT2D eigenvalue weighted by Crippen LogP contribution is 2.36. The first-order valence-electron chi connectivity index (χ1n) is 12.0. The third-order valence-corrected chi connectivity index (χ3v) is 6.35. The molecule has 2 N–H and O–H groups in total. The average Bonchev–Trinajstić information content (AvgIpc) is 3.32. The Morgan fingerprint density at radius 1 is 0.784 bits per heavy atom. The van der Waals surface area contributed by atoms with E-state index in [0.29, 0.717) is 33.4 Å². The third kappa shape index (κ3) is 4.86. The van der Waals surface area contributed by atoms with Crippen LogP contribution in [0.2, 0.25) is 0 Å². The van der Waals surface area contributed by atoms with Crippen LogP contribution >= 0.6 is 0 Å². The lowest BCUT2D eigenvalue weighted by atomic mass is 9.98. The summed E-state index contributed by atoms with van der Waals surface area (Å²) in [5.74, 6) is -0.481. The van der Waals surface area contributed by atoms with Gasteiger partial charge in [-0.25, -0.2) is 4.39 Å². The molecule has 0 bridgehead atoms. The van der Waals surface area contributed by atoms with Crippen LogP contribution < -0.4 is 10.6 Å². The minimum atomic E-state index is -0.370. The van der Waals surface area contributed by atoms with Crippen molar-refractivity contribution in [3.05, 3.63) is 120 Å². The zero-order chi connectivity index (χ0) is 25.9. The first-order chi connectivity index (χ1) is 17.9. The fraction of sp³-hybridized carbons (Fsp3) is 0.0968. The van der Waals surface area contributed by atoms with E-state index in [2.05, 4.69) is 10.6 Å². The molecule has 37 heavy (non-hydrogen) atoms. The van der Waals surface area contributed by atoms with Crippen molar-refractivity contribution in [1.82, 2.24) is 10.6 Å². The molecule has 0 radical (unpaired) electrons. The Kier molecular flexibility index (Phi) is 6.56. The number of amides is 2. The van der Waals surface area contributed by atoms with Gasteiger partial charge in [0.2, 0.25) is 0 Å². The summed E-state index contributed by atoms with van der Waals surface area (Å²) in [5.41, 5.74) is 4.72. The predicted octanol–water partition coefficient (Wildman–Crippen LogP) is 6.76. The highest BCUT2D eigenvalue weighted by atomic mass is 19.1. The van der Waals surface area contributed by atoms with Gasteiger partial charge in [-0.1, -0.05) is 48.5 Å². The summed E-state index contributed by atoms with van der Waals surface area (Å²) in [6.07, 6.45) is 0. The van der Waals surface area contributed by atoms with Crippen molar-refractivity contribution in [3.8, 4) is 22.5 Å². The van der Waals surface area contributed by atoms with E-state index in [-0.39, 0.29) is 23.7 Å². The molecule has 0 spiro atoms. The normalized spacial score (nSPS) is 11.8. The average molecular weight is 493 g/mol. The first kappa shape index (κ1) is 24.0. The number of hydrogen-bond acceptors (Lipinski definition) is 3. The Hall–Kier alpha value is -4.71. The Bertz CT molecular complexity index is 1590. The fourth-order valence-electron chi connectivity index (χ4n) is 4.38. The summed E-state index contributed by atoms with van der Waals surface area (Å²) in [5, 5.41) is 6.34. The molecular weight excluding hydrogens is 467 g/mol. The van der Waals surface area contributed by atoms with E-state index in [1.54, 1.807) is 31.3 Å². The van der Waals surface area contributed by atoms with Crippen LogP contribution in [0.4, 0.5) is 4.39 Å². The predicted molar refractivity (Wildman–Crippen MR) is 143 cm³/mol. The molecule has 4 aromatic carbocycles. The number of carbonyl (C=O) groups excluding carboxylic acids is 2. The van der Waals surface area contributed by atoms with Crippen molar-refractivity contribution < 1.29 is 18.4 Å². The molecular formula is C31H25FN2O3. The zero-order valence-electron chi connectivity index (χ0n) is 20.4. The van der Waals surface area contributed by atoms with Gasteiger partial charge in [0.05, 0.1) is 11.6 Å². The van der Waals surface area contributed by atoms with Crippen LogP contribution in [0.15, 0.2) is 101 Å².